The average molecular weight is 662 g/mol. The minimum atomic E-state index is -0.652. The maximum atomic E-state index is 16.8. The van der Waals surface area contributed by atoms with Crippen molar-refractivity contribution in [1.29, 1.82) is 0 Å². The number of phenolic OH excluding ortho intramolecular Hbond substituents is 1. The highest BCUT2D eigenvalue weighted by Crippen LogP contribution is 2.42. The van der Waals surface area contributed by atoms with Crippen molar-refractivity contribution in [3.63, 3.8) is 0 Å². The van der Waals surface area contributed by atoms with Crippen LogP contribution in [0.3, 0.4) is 0 Å². The molecule has 3 saturated heterocycles. The van der Waals surface area contributed by atoms with Crippen LogP contribution in [-0.2, 0) is 9.53 Å². The lowest BCUT2D eigenvalue weighted by Crippen LogP contribution is -2.55. The van der Waals surface area contributed by atoms with E-state index in [1.165, 1.54) is 6.07 Å². The van der Waals surface area contributed by atoms with Crippen molar-refractivity contribution in [1.82, 2.24) is 30.1 Å². The van der Waals surface area contributed by atoms with E-state index in [2.05, 4.69) is 25.1 Å². The fraction of sp³-hybridized carbons (Fsp3) is 0.471. The third-order valence-corrected chi connectivity index (χ3v) is 10.5. The van der Waals surface area contributed by atoms with Gasteiger partial charge in [-0.3, -0.25) is 14.7 Å². The summed E-state index contributed by atoms with van der Waals surface area (Å²) < 4.78 is 29.5. The number of fused-ring (bicyclic) bond motifs is 9. The quantitative estimate of drug-likeness (QED) is 0.310. The van der Waals surface area contributed by atoms with Gasteiger partial charge in [-0.25, -0.2) is 4.39 Å². The van der Waals surface area contributed by atoms with Crippen molar-refractivity contribution >= 4 is 45.0 Å². The number of hydrogen-bond donors (Lipinski definition) is 2. The zero-order chi connectivity index (χ0) is 32.3. The first-order valence-electron chi connectivity index (χ1n) is 16.3. The molecule has 6 heterocycles. The Morgan fingerprint density at radius 1 is 1.17 bits per heavy atom. The molecular weight excluding hydrogens is 625 g/mol. The van der Waals surface area contributed by atoms with Crippen LogP contribution < -0.4 is 15.0 Å². The number of nitrogens with one attached hydrogen (secondary N) is 1. The molecule has 0 saturated carbocycles. The molecule has 8 rings (SSSR count). The fourth-order valence-electron chi connectivity index (χ4n) is 7.92. The number of pyridine rings is 1. The number of nitrogens with zero attached hydrogens (tertiary/aromatic N) is 6. The number of carbonyl (C=O) groups is 1. The zero-order valence-corrected chi connectivity index (χ0v) is 27.0. The molecule has 4 aliphatic rings. The number of amides is 1. The summed E-state index contributed by atoms with van der Waals surface area (Å²) in [4.78, 5) is 33.4. The Hall–Kier alpha value is -3.84. The molecule has 246 valence electrons. The lowest BCUT2D eigenvalue weighted by atomic mass is 9.94. The number of rotatable bonds is 1. The number of likely N-dealkylation sites (N-methyl/N-ethyl adjacent to an activating group) is 1. The van der Waals surface area contributed by atoms with Gasteiger partial charge in [0.05, 0.1) is 30.1 Å². The van der Waals surface area contributed by atoms with E-state index in [0.717, 1.165) is 32.4 Å². The summed E-state index contributed by atoms with van der Waals surface area (Å²) in [7, 11) is 1.82. The monoisotopic (exact) mass is 661 g/mol. The molecule has 3 unspecified atom stereocenters. The van der Waals surface area contributed by atoms with Gasteiger partial charge in [-0.15, -0.1) is 0 Å². The Balaban J connectivity index is 1.25. The van der Waals surface area contributed by atoms with Crippen LogP contribution in [0.1, 0.15) is 25.7 Å². The van der Waals surface area contributed by atoms with Gasteiger partial charge in [-0.1, -0.05) is 23.7 Å². The van der Waals surface area contributed by atoms with Gasteiger partial charge in [0.1, 0.15) is 29.4 Å². The molecule has 2 aromatic heterocycles. The number of benzene rings is 2. The number of phenols is 1. The maximum Gasteiger partial charge on any atom is 0.319 e. The number of carbonyl (C=O) groups excluding carboxylic acids is 1. The molecule has 11 nitrogen and oxygen atoms in total. The van der Waals surface area contributed by atoms with Crippen molar-refractivity contribution in [2.45, 2.75) is 43.4 Å². The molecule has 3 fully saturated rings. The largest absolute Gasteiger partial charge is 0.508 e. The normalized spacial score (nSPS) is 25.6. The van der Waals surface area contributed by atoms with E-state index in [1.54, 1.807) is 29.3 Å². The van der Waals surface area contributed by atoms with Crippen LogP contribution in [0.4, 0.5) is 10.2 Å². The predicted octanol–water partition coefficient (Wildman–Crippen LogP) is 3.99. The van der Waals surface area contributed by atoms with Crippen LogP contribution in [0.2, 0.25) is 5.02 Å². The highest BCUT2D eigenvalue weighted by molar-refractivity contribution is 6.36. The summed E-state index contributed by atoms with van der Waals surface area (Å²) in [6, 6.07) is 8.45. The molecule has 0 aliphatic carbocycles. The topological polar surface area (TPSA) is 116 Å². The van der Waals surface area contributed by atoms with Crippen LogP contribution in [0.15, 0.2) is 36.5 Å². The van der Waals surface area contributed by atoms with Gasteiger partial charge in [0.2, 0.25) is 5.91 Å². The van der Waals surface area contributed by atoms with Gasteiger partial charge in [-0.05, 0) is 49.4 Å². The minimum Gasteiger partial charge on any atom is -0.508 e. The number of aromatic nitrogens is 3. The predicted molar refractivity (Wildman–Crippen MR) is 177 cm³/mol. The van der Waals surface area contributed by atoms with Gasteiger partial charge >= 0.3 is 6.01 Å². The van der Waals surface area contributed by atoms with Crippen molar-refractivity contribution in [3.8, 4) is 23.0 Å². The lowest BCUT2D eigenvalue weighted by molar-refractivity contribution is -0.131. The average Bonchev–Trinajstić information content (AvgIpc) is 3.60. The molecule has 4 aromatic rings. The van der Waals surface area contributed by atoms with Crippen LogP contribution in [-0.4, -0.2) is 113 Å². The number of piperazine rings is 1. The molecule has 6 bridgehead atoms. The molecule has 47 heavy (non-hydrogen) atoms. The Kier molecular flexibility index (Phi) is 7.78. The number of hydrogen-bond acceptors (Lipinski definition) is 10. The summed E-state index contributed by atoms with van der Waals surface area (Å²) in [5, 5.41) is 16.2. The summed E-state index contributed by atoms with van der Waals surface area (Å²) in [5.74, 6) is -0.111. The lowest BCUT2D eigenvalue weighted by Gasteiger charge is -2.36. The Morgan fingerprint density at radius 2 is 2.06 bits per heavy atom. The number of halogens is 2. The maximum absolute atomic E-state index is 16.8. The third kappa shape index (κ3) is 5.50. The van der Waals surface area contributed by atoms with E-state index in [-0.39, 0.29) is 46.6 Å². The number of anilines is 1. The van der Waals surface area contributed by atoms with Crippen molar-refractivity contribution < 1.29 is 23.8 Å². The summed E-state index contributed by atoms with van der Waals surface area (Å²) >= 11 is 6.60. The molecule has 1 amide bonds. The Labute approximate surface area is 276 Å². The van der Waals surface area contributed by atoms with Gasteiger partial charge in [-0.2, -0.15) is 9.97 Å². The molecule has 13 heteroatoms. The molecule has 2 aromatic carbocycles. The summed E-state index contributed by atoms with van der Waals surface area (Å²) in [6.45, 7) is 4.76. The SMILES string of the molecule is CN1CC2CN(CCN2)c2nc(nc3c(F)c(-c4cc(O)cc5cccc(Cl)c45)ncc23)OCC23CCCN2CC(C3)OCCC1=O. The smallest absolute Gasteiger partial charge is 0.319 e. The van der Waals surface area contributed by atoms with Crippen molar-refractivity contribution in [3.05, 3.63) is 47.4 Å². The van der Waals surface area contributed by atoms with Gasteiger partial charge in [0, 0.05) is 68.0 Å². The first kappa shape index (κ1) is 30.5. The summed E-state index contributed by atoms with van der Waals surface area (Å²) in [6.07, 6.45) is 4.70. The van der Waals surface area contributed by atoms with E-state index < -0.39 is 5.82 Å². The van der Waals surface area contributed by atoms with E-state index in [9.17, 15) is 9.90 Å². The minimum absolute atomic E-state index is 0.00257. The van der Waals surface area contributed by atoms with E-state index in [0.29, 0.717) is 78.4 Å². The zero-order valence-electron chi connectivity index (χ0n) is 26.2. The Bertz CT molecular complexity index is 1880. The molecule has 4 aliphatic heterocycles. The van der Waals surface area contributed by atoms with E-state index in [4.69, 9.17) is 26.1 Å². The summed E-state index contributed by atoms with van der Waals surface area (Å²) in [5.41, 5.74) is 0.227. The highest BCUT2D eigenvalue weighted by Gasteiger charge is 2.49. The van der Waals surface area contributed by atoms with E-state index in [1.807, 2.05) is 13.1 Å². The highest BCUT2D eigenvalue weighted by atomic mass is 35.5. The van der Waals surface area contributed by atoms with Crippen LogP contribution >= 0.6 is 11.6 Å². The van der Waals surface area contributed by atoms with E-state index >= 15 is 4.39 Å². The van der Waals surface area contributed by atoms with Gasteiger partial charge in [0.25, 0.3) is 0 Å². The fourth-order valence-corrected chi connectivity index (χ4v) is 8.21. The van der Waals surface area contributed by atoms with Gasteiger partial charge < -0.3 is 29.7 Å². The molecule has 2 N–H and O–H groups in total. The molecular formula is C34H37ClFN7O4. The second kappa shape index (κ2) is 12.0. The molecule has 1 spiro atoms. The molecule has 3 atom stereocenters. The number of ether oxygens (including phenoxy) is 2. The van der Waals surface area contributed by atoms with Crippen LogP contribution in [0.25, 0.3) is 32.9 Å². The second-order valence-corrected chi connectivity index (χ2v) is 13.6. The Morgan fingerprint density at radius 3 is 2.96 bits per heavy atom. The second-order valence-electron chi connectivity index (χ2n) is 13.2. The van der Waals surface area contributed by atoms with Crippen molar-refractivity contribution in [2.75, 3.05) is 64.4 Å². The van der Waals surface area contributed by atoms with Crippen LogP contribution in [0.5, 0.6) is 11.8 Å². The number of aromatic hydroxyl groups is 1. The van der Waals surface area contributed by atoms with Crippen molar-refractivity contribution in [2.24, 2.45) is 0 Å². The third-order valence-electron chi connectivity index (χ3n) is 10.2. The first-order chi connectivity index (χ1) is 22.8. The molecule has 0 radical (unpaired) electrons. The van der Waals surface area contributed by atoms with Gasteiger partial charge in [0.15, 0.2) is 5.82 Å². The standard InChI is InChI=1S/C34H37ClFN7O4/c1-41-16-21-17-42(10-8-37-21)32-25-15-38-30(24-13-22(44)12-20-4-2-5-26(35)28(20)24)29(36)31(25)39-33(40-32)47-19-34-7-3-9-43(34)18-23(14-34)46-11-6-27(41)45/h2,4-5,12-13,15,21,23,37,44H,3,6-11,14,16-19H2,1H3. The van der Waals surface area contributed by atoms with Crippen LogP contribution in [0, 0.1) is 5.82 Å². The first-order valence-corrected chi connectivity index (χ1v) is 16.7.